The molecule has 0 unspecified atom stereocenters. The van der Waals surface area contributed by atoms with Crippen LogP contribution in [0.3, 0.4) is 0 Å². The zero-order chi connectivity index (χ0) is 8.15. The Morgan fingerprint density at radius 1 is 1.50 bits per heavy atom. The van der Waals surface area contributed by atoms with Crippen molar-refractivity contribution in [3.05, 3.63) is 0 Å². The monoisotopic (exact) mass is 147 g/mol. The largest absolute Gasteiger partial charge is 0.481 e. The van der Waals surface area contributed by atoms with Crippen LogP contribution in [0.15, 0.2) is 0 Å². The Balaban J connectivity index is 3.54. The van der Waals surface area contributed by atoms with Crippen molar-refractivity contribution >= 4 is 11.9 Å². The van der Waals surface area contributed by atoms with Crippen LogP contribution in [0.4, 0.5) is 0 Å². The Hall–Kier alpha value is -1.10. The number of hydrogen-bond donors (Lipinski definition) is 1. The highest BCUT2D eigenvalue weighted by Crippen LogP contribution is 1.87. The number of nitrogens with zero attached hydrogens (tertiary/aromatic N) is 1. The molecule has 0 aliphatic heterocycles. The van der Waals surface area contributed by atoms with Crippen LogP contribution in [0.5, 0.6) is 0 Å². The lowest BCUT2D eigenvalue weighted by Crippen LogP contribution is -2.20. The van der Waals surface area contributed by atoms with Gasteiger partial charge in [0.25, 0.3) is 0 Å². The molecule has 5 nitrogen and oxygen atoms in total. The standard InChI is InChI=1S/C5H9NO4/c1-6(2)10-5(9)3-4(7)8/h3H2,1-2H3,(H,7,8). The molecular formula is C5H9NO4. The molecule has 1 N–H and O–H groups in total. The third-order valence-corrected chi connectivity index (χ3v) is 0.580. The van der Waals surface area contributed by atoms with E-state index in [-0.39, 0.29) is 0 Å². The minimum absolute atomic E-state index is 0.599. The van der Waals surface area contributed by atoms with Crippen LogP contribution in [0.1, 0.15) is 6.42 Å². The predicted octanol–water partition coefficient (Wildman–Crippen LogP) is -0.519. The molecule has 5 heteroatoms. The van der Waals surface area contributed by atoms with Gasteiger partial charge in [-0.05, 0) is 0 Å². The minimum atomic E-state index is -1.19. The van der Waals surface area contributed by atoms with Crippen molar-refractivity contribution in [2.45, 2.75) is 6.42 Å². The van der Waals surface area contributed by atoms with Gasteiger partial charge in [0.2, 0.25) is 0 Å². The van der Waals surface area contributed by atoms with E-state index in [1.54, 1.807) is 0 Å². The lowest BCUT2D eigenvalue weighted by atomic mass is 10.5. The summed E-state index contributed by atoms with van der Waals surface area (Å²) in [7, 11) is 3.00. The fraction of sp³-hybridized carbons (Fsp3) is 0.600. The van der Waals surface area contributed by atoms with Crippen molar-refractivity contribution in [1.82, 2.24) is 5.06 Å². The number of carbonyl (C=O) groups is 2. The summed E-state index contributed by atoms with van der Waals surface area (Å²) in [4.78, 5) is 24.7. The molecule has 0 atom stereocenters. The molecular weight excluding hydrogens is 138 g/mol. The Morgan fingerprint density at radius 3 is 2.30 bits per heavy atom. The fourth-order valence-electron chi connectivity index (χ4n) is 0.359. The van der Waals surface area contributed by atoms with Crippen LogP contribution in [-0.4, -0.2) is 36.2 Å². The van der Waals surface area contributed by atoms with Gasteiger partial charge < -0.3 is 9.94 Å². The molecule has 0 aliphatic rings. The van der Waals surface area contributed by atoms with E-state index < -0.39 is 18.4 Å². The van der Waals surface area contributed by atoms with Crippen molar-refractivity contribution < 1.29 is 19.5 Å². The second-order valence-electron chi connectivity index (χ2n) is 1.85. The molecule has 0 aromatic rings. The van der Waals surface area contributed by atoms with E-state index >= 15 is 0 Å². The summed E-state index contributed by atoms with van der Waals surface area (Å²) < 4.78 is 0. The maximum atomic E-state index is 10.4. The van der Waals surface area contributed by atoms with Gasteiger partial charge in [-0.1, -0.05) is 0 Å². The smallest absolute Gasteiger partial charge is 0.336 e. The summed E-state index contributed by atoms with van der Waals surface area (Å²) in [5.74, 6) is -1.95. The molecule has 0 bridgehead atoms. The second kappa shape index (κ2) is 3.84. The van der Waals surface area contributed by atoms with E-state index in [2.05, 4.69) is 4.84 Å². The molecule has 0 rings (SSSR count). The summed E-state index contributed by atoms with van der Waals surface area (Å²) in [6.45, 7) is 0. The number of aliphatic carboxylic acids is 1. The summed E-state index contributed by atoms with van der Waals surface area (Å²) in [6, 6.07) is 0. The molecule has 0 aromatic carbocycles. The minimum Gasteiger partial charge on any atom is -0.481 e. The molecule has 0 spiro atoms. The SMILES string of the molecule is CN(C)OC(=O)CC(=O)O. The number of hydroxylamine groups is 2. The van der Waals surface area contributed by atoms with E-state index in [0.29, 0.717) is 0 Å². The van der Waals surface area contributed by atoms with E-state index in [4.69, 9.17) is 5.11 Å². The average Bonchev–Trinajstić information content (AvgIpc) is 1.58. The van der Waals surface area contributed by atoms with Gasteiger partial charge >= 0.3 is 11.9 Å². The maximum absolute atomic E-state index is 10.4. The first-order chi connectivity index (χ1) is 4.52. The van der Waals surface area contributed by atoms with E-state index in [1.807, 2.05) is 0 Å². The van der Waals surface area contributed by atoms with E-state index in [1.165, 1.54) is 14.1 Å². The Bertz CT molecular complexity index is 143. The molecule has 0 fully saturated rings. The van der Waals surface area contributed by atoms with Crippen molar-refractivity contribution in [2.24, 2.45) is 0 Å². The van der Waals surface area contributed by atoms with Crippen LogP contribution in [-0.2, 0) is 14.4 Å². The Kier molecular flexibility index (Phi) is 3.42. The number of carboxylic acids is 1. The van der Waals surface area contributed by atoms with E-state index in [9.17, 15) is 9.59 Å². The third-order valence-electron chi connectivity index (χ3n) is 0.580. The topological polar surface area (TPSA) is 66.8 Å². The summed E-state index contributed by atoms with van der Waals surface area (Å²) in [5.41, 5.74) is 0. The van der Waals surface area contributed by atoms with Gasteiger partial charge in [-0.3, -0.25) is 4.79 Å². The first kappa shape index (κ1) is 8.90. The zero-order valence-electron chi connectivity index (χ0n) is 5.83. The number of carbonyl (C=O) groups excluding carboxylic acids is 1. The first-order valence-corrected chi connectivity index (χ1v) is 2.62. The van der Waals surface area contributed by atoms with Gasteiger partial charge in [0.1, 0.15) is 6.42 Å². The zero-order valence-corrected chi connectivity index (χ0v) is 5.83. The van der Waals surface area contributed by atoms with Gasteiger partial charge in [-0.15, -0.1) is 5.06 Å². The van der Waals surface area contributed by atoms with Crippen LogP contribution < -0.4 is 0 Å². The van der Waals surface area contributed by atoms with Gasteiger partial charge in [-0.25, -0.2) is 4.79 Å². The molecule has 0 amide bonds. The highest BCUT2D eigenvalue weighted by molar-refractivity contribution is 5.89. The molecule has 58 valence electrons. The normalized spacial score (nSPS) is 9.50. The maximum Gasteiger partial charge on any atom is 0.336 e. The lowest BCUT2D eigenvalue weighted by molar-refractivity contribution is -0.180. The Morgan fingerprint density at radius 2 is 2.00 bits per heavy atom. The first-order valence-electron chi connectivity index (χ1n) is 2.62. The van der Waals surface area contributed by atoms with E-state index in [0.717, 1.165) is 5.06 Å². The van der Waals surface area contributed by atoms with Crippen molar-refractivity contribution in [2.75, 3.05) is 14.1 Å². The average molecular weight is 147 g/mol. The third kappa shape index (κ3) is 5.04. The molecule has 0 aromatic heterocycles. The van der Waals surface area contributed by atoms with Crippen LogP contribution in [0.25, 0.3) is 0 Å². The van der Waals surface area contributed by atoms with Crippen molar-refractivity contribution in [3.63, 3.8) is 0 Å². The highest BCUT2D eigenvalue weighted by atomic mass is 16.7. The number of rotatable bonds is 3. The van der Waals surface area contributed by atoms with Gasteiger partial charge in [-0.2, -0.15) is 0 Å². The summed E-state index contributed by atoms with van der Waals surface area (Å²) >= 11 is 0. The molecule has 0 aliphatic carbocycles. The number of hydrogen-bond acceptors (Lipinski definition) is 4. The van der Waals surface area contributed by atoms with Gasteiger partial charge in [0, 0.05) is 14.1 Å². The van der Waals surface area contributed by atoms with Crippen LogP contribution in [0.2, 0.25) is 0 Å². The Labute approximate surface area is 58.1 Å². The van der Waals surface area contributed by atoms with Crippen molar-refractivity contribution in [3.8, 4) is 0 Å². The molecule has 0 heterocycles. The molecule has 10 heavy (non-hydrogen) atoms. The van der Waals surface area contributed by atoms with Crippen LogP contribution >= 0.6 is 0 Å². The molecule has 0 saturated heterocycles. The summed E-state index contributed by atoms with van der Waals surface area (Å²) in [6.07, 6.45) is -0.599. The van der Waals surface area contributed by atoms with Crippen LogP contribution in [0, 0.1) is 0 Å². The molecule has 0 saturated carbocycles. The van der Waals surface area contributed by atoms with Crippen molar-refractivity contribution in [1.29, 1.82) is 0 Å². The summed E-state index contributed by atoms with van der Waals surface area (Å²) in [5, 5.41) is 9.22. The lowest BCUT2D eigenvalue weighted by Gasteiger charge is -2.07. The fourth-order valence-corrected chi connectivity index (χ4v) is 0.359. The predicted molar refractivity (Wildman–Crippen MR) is 32.0 cm³/mol. The quantitative estimate of drug-likeness (QED) is 0.429. The number of carboxylic acid groups (broad SMARTS) is 1. The highest BCUT2D eigenvalue weighted by Gasteiger charge is 2.09. The van der Waals surface area contributed by atoms with Gasteiger partial charge in [0.15, 0.2) is 0 Å². The molecule has 0 radical (unpaired) electrons. The van der Waals surface area contributed by atoms with Gasteiger partial charge in [0.05, 0.1) is 0 Å². The second-order valence-corrected chi connectivity index (χ2v) is 1.85.